The van der Waals surface area contributed by atoms with Gasteiger partial charge in [-0.2, -0.15) is 23.1 Å². The molecule has 1 amide bonds. The number of benzene rings is 3. The largest absolute Gasteiger partial charge is 0.481 e. The second-order valence-corrected chi connectivity index (χ2v) is 12.2. The number of aromatic nitrogens is 2. The molecule has 0 saturated carbocycles. The van der Waals surface area contributed by atoms with Gasteiger partial charge in [-0.1, -0.05) is 78.9 Å². The highest BCUT2D eigenvalue weighted by Crippen LogP contribution is 2.38. The van der Waals surface area contributed by atoms with Crippen molar-refractivity contribution in [1.82, 2.24) is 24.7 Å². The van der Waals surface area contributed by atoms with E-state index in [0.29, 0.717) is 43.9 Å². The van der Waals surface area contributed by atoms with Crippen LogP contribution in [0.3, 0.4) is 0 Å². The van der Waals surface area contributed by atoms with Crippen LogP contribution in [0, 0.1) is 0 Å². The van der Waals surface area contributed by atoms with Crippen molar-refractivity contribution in [2.75, 3.05) is 53.0 Å². The molecule has 0 bridgehead atoms. The average molecular weight is 676 g/mol. The summed E-state index contributed by atoms with van der Waals surface area (Å²) in [6.07, 6.45) is -4.58. The van der Waals surface area contributed by atoms with Crippen LogP contribution in [0.2, 0.25) is 0 Å². The Kier molecular flexibility index (Phi) is 10.6. The van der Waals surface area contributed by atoms with Crippen molar-refractivity contribution in [2.24, 2.45) is 0 Å². The second-order valence-electron chi connectivity index (χ2n) is 12.2. The summed E-state index contributed by atoms with van der Waals surface area (Å²) in [6, 6.07) is 29.7. The van der Waals surface area contributed by atoms with E-state index in [1.165, 1.54) is 7.11 Å². The molecule has 2 fully saturated rings. The zero-order valence-corrected chi connectivity index (χ0v) is 27.6. The van der Waals surface area contributed by atoms with Gasteiger partial charge < -0.3 is 19.1 Å². The molecule has 1 aromatic heterocycles. The smallest absolute Gasteiger partial charge is 0.422 e. The van der Waals surface area contributed by atoms with Gasteiger partial charge in [-0.3, -0.25) is 14.6 Å². The number of alkyl halides is 3. The van der Waals surface area contributed by atoms with Crippen LogP contribution in [-0.2, 0) is 6.54 Å². The van der Waals surface area contributed by atoms with Crippen molar-refractivity contribution in [3.63, 3.8) is 0 Å². The number of carbonyl (C=O) groups excluding carboxylic acids is 1. The van der Waals surface area contributed by atoms with E-state index in [9.17, 15) is 18.0 Å². The molecule has 2 atom stereocenters. The number of hydrogen-bond acceptors (Lipinski definition) is 8. The number of ether oxygens (including phenoxy) is 3. The standard InChI is InChI=1S/C37H40F3N5O4/c1-3-48-36-41-33(47-2)30(34(42-36)49-25-37(38,39)40)23-43-21-29-22-44(35(46)28-17-11-6-12-18-28)19-20-45(29)31(24-43)32(26-13-7-4-8-14-26)27-15-9-5-10-16-27/h4-18,29,31-32H,3,19-25H2,1-2H3/t29-,31+/m1/s1. The predicted octanol–water partition coefficient (Wildman–Crippen LogP) is 5.67. The molecule has 2 aliphatic heterocycles. The molecule has 0 spiro atoms. The molecule has 6 rings (SSSR count). The lowest BCUT2D eigenvalue weighted by molar-refractivity contribution is -0.154. The van der Waals surface area contributed by atoms with Crippen LogP contribution < -0.4 is 14.2 Å². The van der Waals surface area contributed by atoms with Crippen molar-refractivity contribution in [3.8, 4) is 17.8 Å². The number of amides is 1. The first-order valence-electron chi connectivity index (χ1n) is 16.4. The van der Waals surface area contributed by atoms with Crippen molar-refractivity contribution >= 4 is 5.91 Å². The molecule has 0 aliphatic carbocycles. The molecule has 3 aromatic carbocycles. The van der Waals surface area contributed by atoms with Gasteiger partial charge >= 0.3 is 12.2 Å². The van der Waals surface area contributed by atoms with Crippen LogP contribution in [0.4, 0.5) is 13.2 Å². The summed E-state index contributed by atoms with van der Waals surface area (Å²) in [4.78, 5) is 28.8. The topological polar surface area (TPSA) is 80.3 Å². The van der Waals surface area contributed by atoms with Crippen molar-refractivity contribution in [3.05, 3.63) is 113 Å². The highest BCUT2D eigenvalue weighted by atomic mass is 19.4. The molecule has 2 saturated heterocycles. The maximum absolute atomic E-state index is 13.6. The van der Waals surface area contributed by atoms with Crippen LogP contribution >= 0.6 is 0 Å². The summed E-state index contributed by atoms with van der Waals surface area (Å²) in [7, 11) is 1.41. The maximum Gasteiger partial charge on any atom is 0.422 e. The molecule has 49 heavy (non-hydrogen) atoms. The number of fused-ring (bicyclic) bond motifs is 1. The minimum Gasteiger partial charge on any atom is -0.481 e. The highest BCUT2D eigenvalue weighted by Gasteiger charge is 2.43. The number of halogens is 3. The molecule has 9 nitrogen and oxygen atoms in total. The lowest BCUT2D eigenvalue weighted by Gasteiger charge is -2.53. The molecule has 3 heterocycles. The molecular weight excluding hydrogens is 635 g/mol. The van der Waals surface area contributed by atoms with Crippen LogP contribution in [0.25, 0.3) is 0 Å². The minimum atomic E-state index is -4.58. The SMILES string of the molecule is CCOc1nc(OC)c(CN2C[C@@H]3CN(C(=O)c4ccccc4)CCN3[C@H](C(c3ccccc3)c3ccccc3)C2)c(OCC(F)(F)F)n1. The highest BCUT2D eigenvalue weighted by molar-refractivity contribution is 5.94. The van der Waals surface area contributed by atoms with Gasteiger partial charge in [-0.15, -0.1) is 0 Å². The van der Waals surface area contributed by atoms with Gasteiger partial charge in [0.15, 0.2) is 6.61 Å². The van der Waals surface area contributed by atoms with Gasteiger partial charge in [0.05, 0.1) is 19.3 Å². The fourth-order valence-corrected chi connectivity index (χ4v) is 6.96. The van der Waals surface area contributed by atoms with Crippen molar-refractivity contribution in [2.45, 2.75) is 37.6 Å². The third-order valence-electron chi connectivity index (χ3n) is 9.01. The predicted molar refractivity (Wildman–Crippen MR) is 178 cm³/mol. The van der Waals surface area contributed by atoms with Crippen molar-refractivity contribution in [1.29, 1.82) is 0 Å². The number of nitrogens with zero attached hydrogens (tertiary/aromatic N) is 5. The molecule has 0 unspecified atom stereocenters. The first-order valence-corrected chi connectivity index (χ1v) is 16.4. The maximum atomic E-state index is 13.6. The summed E-state index contributed by atoms with van der Waals surface area (Å²) in [5, 5.41) is 0. The Balaban J connectivity index is 1.38. The van der Waals surface area contributed by atoms with Crippen LogP contribution in [0.1, 0.15) is 39.9 Å². The summed E-state index contributed by atoms with van der Waals surface area (Å²) >= 11 is 0. The minimum absolute atomic E-state index is 0.0245. The number of rotatable bonds is 11. The van der Waals surface area contributed by atoms with E-state index in [-0.39, 0.29) is 54.8 Å². The summed E-state index contributed by atoms with van der Waals surface area (Å²) in [5.74, 6) is -0.204. The third-order valence-corrected chi connectivity index (χ3v) is 9.01. The second kappa shape index (κ2) is 15.3. The molecule has 4 aromatic rings. The van der Waals surface area contributed by atoms with Gasteiger partial charge in [0.25, 0.3) is 5.91 Å². The Morgan fingerprint density at radius 3 is 2.04 bits per heavy atom. The number of hydrogen-bond donors (Lipinski definition) is 0. The van der Waals surface area contributed by atoms with E-state index in [1.54, 1.807) is 6.92 Å². The molecule has 2 aliphatic rings. The Morgan fingerprint density at radius 1 is 0.837 bits per heavy atom. The summed E-state index contributed by atoms with van der Waals surface area (Å²) in [5.41, 5.74) is 3.23. The number of carbonyl (C=O) groups is 1. The Morgan fingerprint density at radius 2 is 1.45 bits per heavy atom. The molecule has 0 radical (unpaired) electrons. The molecule has 12 heteroatoms. The van der Waals surface area contributed by atoms with Gasteiger partial charge in [-0.25, -0.2) is 0 Å². The number of methoxy groups -OCH3 is 1. The van der Waals surface area contributed by atoms with Gasteiger partial charge in [0, 0.05) is 62.8 Å². The molecular formula is C37H40F3N5O4. The Hall–Kier alpha value is -4.68. The lowest BCUT2D eigenvalue weighted by atomic mass is 9.81. The van der Waals surface area contributed by atoms with E-state index in [2.05, 4.69) is 44.0 Å². The fraction of sp³-hybridized carbons (Fsp3) is 0.378. The lowest BCUT2D eigenvalue weighted by Crippen LogP contribution is -2.67. The number of piperazine rings is 2. The van der Waals surface area contributed by atoms with E-state index < -0.39 is 12.8 Å². The Bertz CT molecular complexity index is 1640. The third kappa shape index (κ3) is 8.14. The van der Waals surface area contributed by atoms with Crippen LogP contribution in [-0.4, -0.2) is 102 Å². The Labute approximate surface area is 284 Å². The van der Waals surface area contributed by atoms with E-state index in [1.807, 2.05) is 71.6 Å². The zero-order valence-electron chi connectivity index (χ0n) is 27.6. The van der Waals surface area contributed by atoms with Gasteiger partial charge in [0.2, 0.25) is 11.8 Å². The van der Waals surface area contributed by atoms with E-state index in [0.717, 1.165) is 11.1 Å². The zero-order chi connectivity index (χ0) is 34.4. The fourth-order valence-electron chi connectivity index (χ4n) is 6.96. The van der Waals surface area contributed by atoms with Gasteiger partial charge in [0.1, 0.15) is 0 Å². The van der Waals surface area contributed by atoms with Crippen LogP contribution in [0.5, 0.6) is 17.8 Å². The van der Waals surface area contributed by atoms with E-state index >= 15 is 0 Å². The first-order chi connectivity index (χ1) is 23.7. The molecule has 0 N–H and O–H groups in total. The molecule has 258 valence electrons. The normalized spacial score (nSPS) is 18.6. The summed E-state index contributed by atoms with van der Waals surface area (Å²) in [6.45, 7) is 3.44. The first kappa shape index (κ1) is 34.2. The average Bonchev–Trinajstić information content (AvgIpc) is 3.12. The van der Waals surface area contributed by atoms with Crippen molar-refractivity contribution < 1.29 is 32.2 Å². The quantitative estimate of drug-likeness (QED) is 0.201. The monoisotopic (exact) mass is 675 g/mol. The van der Waals surface area contributed by atoms with Gasteiger partial charge in [-0.05, 0) is 30.2 Å². The van der Waals surface area contributed by atoms with E-state index in [4.69, 9.17) is 14.2 Å². The van der Waals surface area contributed by atoms with Crippen LogP contribution in [0.15, 0.2) is 91.0 Å². The summed E-state index contributed by atoms with van der Waals surface area (Å²) < 4.78 is 56.3.